The summed E-state index contributed by atoms with van der Waals surface area (Å²) < 4.78 is 0. The van der Waals surface area contributed by atoms with E-state index >= 15 is 0 Å². The van der Waals surface area contributed by atoms with Crippen molar-refractivity contribution in [2.75, 3.05) is 0 Å². The molecule has 1 aromatic heterocycles. The van der Waals surface area contributed by atoms with E-state index in [0.29, 0.717) is 35.2 Å². The molecule has 12 rings (SSSR count). The Morgan fingerprint density at radius 3 is 1.87 bits per heavy atom. The van der Waals surface area contributed by atoms with Crippen molar-refractivity contribution in [2.24, 2.45) is 17.8 Å². The molecule has 1 spiro atoms. The first kappa shape index (κ1) is 37.1. The summed E-state index contributed by atoms with van der Waals surface area (Å²) >= 11 is 0. The summed E-state index contributed by atoms with van der Waals surface area (Å²) in [7, 11) is 0. The highest BCUT2D eigenvalue weighted by Gasteiger charge is 2.55. The third-order valence-corrected chi connectivity index (χ3v) is 14.5. The lowest BCUT2D eigenvalue weighted by atomic mass is 9.63. The highest BCUT2D eigenvalue weighted by Crippen LogP contribution is 2.66. The summed E-state index contributed by atoms with van der Waals surface area (Å²) in [6, 6.07) is 51.2. The Morgan fingerprint density at radius 2 is 1.15 bits per heavy atom. The fourth-order valence-electron chi connectivity index (χ4n) is 11.7. The van der Waals surface area contributed by atoms with E-state index in [1.54, 1.807) is 11.1 Å². The second kappa shape index (κ2) is 14.5. The minimum atomic E-state index is -0.261. The standard InChI is InChI=1S/C59H49N3/c1-36-21-29-45-43(33-36)27-31-46(54(45)39-23-25-42(26-24-39)58-61-56(40-14-6-4-7-15-40)60-57(62-58)41-16-8-5-9-17-41)44-28-32-48-47-18-10-11-20-51(47)59(53(48)35-44)52-34-37(2)22-30-49(52)50-19-12-13-38(3)55(50)59/h4-12,14-20,22-28,30-32,35-38H,13,21,29,33-34H2,1-3H3. The van der Waals surface area contributed by atoms with E-state index in [4.69, 9.17) is 15.0 Å². The summed E-state index contributed by atoms with van der Waals surface area (Å²) in [4.78, 5) is 15.1. The number of rotatable bonds is 5. The number of aromatic nitrogens is 3. The molecule has 62 heavy (non-hydrogen) atoms. The highest BCUT2D eigenvalue weighted by atomic mass is 15.0. The predicted octanol–water partition coefficient (Wildman–Crippen LogP) is 14.4. The summed E-state index contributed by atoms with van der Waals surface area (Å²) in [5.41, 5.74) is 22.7. The molecular formula is C59H49N3. The van der Waals surface area contributed by atoms with Crippen molar-refractivity contribution in [3.05, 3.63) is 208 Å². The van der Waals surface area contributed by atoms with Gasteiger partial charge in [0, 0.05) is 16.7 Å². The molecule has 3 nitrogen and oxygen atoms in total. The topological polar surface area (TPSA) is 38.7 Å². The Balaban J connectivity index is 1.03. The Kier molecular flexibility index (Phi) is 8.64. The quantitative estimate of drug-likeness (QED) is 0.174. The van der Waals surface area contributed by atoms with Gasteiger partial charge in [0.1, 0.15) is 0 Å². The highest BCUT2D eigenvalue weighted by molar-refractivity contribution is 5.94. The monoisotopic (exact) mass is 799 g/mol. The predicted molar refractivity (Wildman–Crippen MR) is 254 cm³/mol. The maximum Gasteiger partial charge on any atom is 0.164 e. The first-order valence-corrected chi connectivity index (χ1v) is 22.7. The molecule has 0 saturated heterocycles. The van der Waals surface area contributed by atoms with E-state index in [9.17, 15) is 0 Å². The van der Waals surface area contributed by atoms with Crippen LogP contribution in [0.4, 0.5) is 0 Å². The van der Waals surface area contributed by atoms with Crippen LogP contribution in [0, 0.1) is 17.8 Å². The molecule has 0 saturated carbocycles. The van der Waals surface area contributed by atoms with Crippen LogP contribution in [-0.2, 0) is 18.3 Å². The van der Waals surface area contributed by atoms with Gasteiger partial charge in [-0.15, -0.1) is 0 Å². The lowest BCUT2D eigenvalue weighted by molar-refractivity contribution is 0.502. The van der Waals surface area contributed by atoms with Crippen LogP contribution < -0.4 is 0 Å². The maximum atomic E-state index is 5.06. The minimum Gasteiger partial charge on any atom is -0.208 e. The number of allylic oxidation sites excluding steroid dienone is 8. The van der Waals surface area contributed by atoms with Crippen LogP contribution in [0.3, 0.4) is 0 Å². The van der Waals surface area contributed by atoms with Gasteiger partial charge in [-0.05, 0) is 134 Å². The van der Waals surface area contributed by atoms with Gasteiger partial charge in [-0.3, -0.25) is 0 Å². The molecule has 0 radical (unpaired) electrons. The summed E-state index contributed by atoms with van der Waals surface area (Å²) in [5, 5.41) is 0. The summed E-state index contributed by atoms with van der Waals surface area (Å²) in [6.07, 6.45) is 15.3. The first-order chi connectivity index (χ1) is 30.5. The Morgan fingerprint density at radius 1 is 0.532 bits per heavy atom. The van der Waals surface area contributed by atoms with Gasteiger partial charge in [0.2, 0.25) is 0 Å². The van der Waals surface area contributed by atoms with E-state index in [-0.39, 0.29) is 5.41 Å². The van der Waals surface area contributed by atoms with Crippen LogP contribution in [0.15, 0.2) is 186 Å². The van der Waals surface area contributed by atoms with Crippen molar-refractivity contribution in [3.8, 4) is 67.5 Å². The minimum absolute atomic E-state index is 0.261. The van der Waals surface area contributed by atoms with Crippen LogP contribution in [0.2, 0.25) is 0 Å². The van der Waals surface area contributed by atoms with Gasteiger partial charge in [-0.1, -0.05) is 179 Å². The normalized spacial score (nSPS) is 21.8. The second-order valence-electron chi connectivity index (χ2n) is 18.4. The number of fused-ring (bicyclic) bond motifs is 9. The SMILES string of the molecule is CC1C=CC2=C(C1)C1(C3=C2C=CCC3C)c2ccccc2-c2ccc(-c3ccc4c(c3-c3ccc(-c5nc(-c6ccccc6)nc(-c6ccccc6)n5)cc3)CCC(C)C4)cc21. The fraction of sp³-hybridized carbons (Fsp3) is 0.203. The average Bonchev–Trinajstić information content (AvgIpc) is 3.78. The van der Waals surface area contributed by atoms with Crippen LogP contribution in [0.1, 0.15) is 62.3 Å². The van der Waals surface area contributed by atoms with Crippen molar-refractivity contribution in [2.45, 2.75) is 58.3 Å². The molecule has 7 aromatic rings. The molecule has 0 N–H and O–H groups in total. The zero-order chi connectivity index (χ0) is 41.5. The summed E-state index contributed by atoms with van der Waals surface area (Å²) in [5.74, 6) is 3.64. The third kappa shape index (κ3) is 5.67. The van der Waals surface area contributed by atoms with Crippen molar-refractivity contribution < 1.29 is 0 Å². The number of hydrogen-bond donors (Lipinski definition) is 0. The number of nitrogens with zero attached hydrogens (tertiary/aromatic N) is 3. The zero-order valence-electron chi connectivity index (χ0n) is 35.7. The van der Waals surface area contributed by atoms with Gasteiger partial charge in [0.25, 0.3) is 0 Å². The molecule has 0 aliphatic heterocycles. The lowest BCUT2D eigenvalue weighted by Crippen LogP contribution is -2.33. The van der Waals surface area contributed by atoms with Gasteiger partial charge in [0.05, 0.1) is 5.41 Å². The molecule has 0 fully saturated rings. The molecular weight excluding hydrogens is 751 g/mol. The van der Waals surface area contributed by atoms with Crippen molar-refractivity contribution in [1.82, 2.24) is 15.0 Å². The first-order valence-electron chi connectivity index (χ1n) is 22.7. The molecule has 300 valence electrons. The number of hydrogen-bond acceptors (Lipinski definition) is 3. The molecule has 1 heterocycles. The van der Waals surface area contributed by atoms with E-state index in [2.05, 4.69) is 148 Å². The Hall–Kier alpha value is -6.71. The largest absolute Gasteiger partial charge is 0.208 e. The van der Waals surface area contributed by atoms with E-state index in [1.807, 2.05) is 36.4 Å². The average molecular weight is 800 g/mol. The van der Waals surface area contributed by atoms with Gasteiger partial charge >= 0.3 is 0 Å². The molecule has 4 unspecified atom stereocenters. The molecule has 3 heteroatoms. The zero-order valence-corrected chi connectivity index (χ0v) is 35.7. The molecule has 0 amide bonds. The molecule has 5 aliphatic rings. The smallest absolute Gasteiger partial charge is 0.164 e. The van der Waals surface area contributed by atoms with Crippen LogP contribution in [0.25, 0.3) is 67.5 Å². The van der Waals surface area contributed by atoms with Crippen molar-refractivity contribution >= 4 is 0 Å². The molecule has 0 bridgehead atoms. The number of benzene rings is 6. The second-order valence-corrected chi connectivity index (χ2v) is 18.4. The van der Waals surface area contributed by atoms with Crippen LogP contribution in [0.5, 0.6) is 0 Å². The molecule has 6 aromatic carbocycles. The summed E-state index contributed by atoms with van der Waals surface area (Å²) in [6.45, 7) is 7.26. The molecule has 4 atom stereocenters. The van der Waals surface area contributed by atoms with E-state index in [0.717, 1.165) is 42.4 Å². The maximum absolute atomic E-state index is 5.06. The van der Waals surface area contributed by atoms with Gasteiger partial charge in [-0.2, -0.15) is 0 Å². The van der Waals surface area contributed by atoms with Gasteiger partial charge in [0.15, 0.2) is 17.5 Å². The van der Waals surface area contributed by atoms with Crippen molar-refractivity contribution in [1.29, 1.82) is 0 Å². The van der Waals surface area contributed by atoms with Gasteiger partial charge < -0.3 is 0 Å². The van der Waals surface area contributed by atoms with Gasteiger partial charge in [-0.25, -0.2) is 15.0 Å². The van der Waals surface area contributed by atoms with Crippen LogP contribution in [-0.4, -0.2) is 15.0 Å². The van der Waals surface area contributed by atoms with E-state index < -0.39 is 0 Å². The molecule has 5 aliphatic carbocycles. The Bertz CT molecular complexity index is 3020. The fourth-order valence-corrected chi connectivity index (χ4v) is 11.7. The van der Waals surface area contributed by atoms with Crippen LogP contribution >= 0.6 is 0 Å². The van der Waals surface area contributed by atoms with Crippen molar-refractivity contribution in [3.63, 3.8) is 0 Å². The van der Waals surface area contributed by atoms with E-state index in [1.165, 1.54) is 73.2 Å². The third-order valence-electron chi connectivity index (χ3n) is 14.5. The Labute approximate surface area is 365 Å². The lowest BCUT2D eigenvalue weighted by Gasteiger charge is -2.39.